The Labute approximate surface area is 118 Å². The Morgan fingerprint density at radius 3 is 2.68 bits per heavy atom. The first-order chi connectivity index (χ1) is 9.17. The lowest BCUT2D eigenvalue weighted by atomic mass is 10.0. The summed E-state index contributed by atoms with van der Waals surface area (Å²) in [5.74, 6) is 5.49. The first kappa shape index (κ1) is 13.9. The molecule has 2 rings (SSSR count). The second-order valence-electron chi connectivity index (χ2n) is 3.74. The third kappa shape index (κ3) is 2.89. The van der Waals surface area contributed by atoms with Gasteiger partial charge in [-0.2, -0.15) is 0 Å². The average Bonchev–Trinajstić information content (AvgIpc) is 2.45. The maximum atomic E-state index is 14.1. The van der Waals surface area contributed by atoms with E-state index in [9.17, 15) is 4.39 Å². The topological polar surface area (TPSA) is 73.1 Å². The molecule has 19 heavy (non-hydrogen) atoms. The third-order valence-corrected chi connectivity index (χ3v) is 3.24. The zero-order chi connectivity index (χ0) is 13.8. The molecule has 3 N–H and O–H groups in total. The van der Waals surface area contributed by atoms with Gasteiger partial charge in [-0.15, -0.1) is 10.2 Å². The molecule has 0 bridgehead atoms. The maximum absolute atomic E-state index is 14.1. The Balaban J connectivity index is 2.40. The van der Waals surface area contributed by atoms with Gasteiger partial charge in [0, 0.05) is 11.6 Å². The van der Waals surface area contributed by atoms with Crippen LogP contribution in [0.4, 0.5) is 4.39 Å². The fraction of sp³-hybridized carbons (Fsp3) is 0.167. The molecular weight excluding hydrogens is 315 g/mol. The van der Waals surface area contributed by atoms with E-state index in [1.165, 1.54) is 7.11 Å². The van der Waals surface area contributed by atoms with Crippen molar-refractivity contribution in [3.05, 3.63) is 51.9 Å². The van der Waals surface area contributed by atoms with Crippen LogP contribution in [0.25, 0.3) is 0 Å². The van der Waals surface area contributed by atoms with Gasteiger partial charge in [-0.3, -0.25) is 5.84 Å². The number of benzene rings is 1. The monoisotopic (exact) mass is 326 g/mol. The van der Waals surface area contributed by atoms with Crippen LogP contribution in [-0.2, 0) is 0 Å². The number of nitrogens with zero attached hydrogens (tertiary/aromatic N) is 2. The average molecular weight is 327 g/mol. The Morgan fingerprint density at radius 1 is 1.32 bits per heavy atom. The number of hydrazine groups is 1. The normalized spacial score (nSPS) is 12.2. The van der Waals surface area contributed by atoms with Crippen LogP contribution < -0.4 is 16.0 Å². The summed E-state index contributed by atoms with van der Waals surface area (Å²) < 4.78 is 19.3. The molecule has 7 heteroatoms. The number of methoxy groups -OCH3 is 1. The molecule has 2 aromatic rings. The van der Waals surface area contributed by atoms with Gasteiger partial charge in [0.2, 0.25) is 5.88 Å². The smallest absolute Gasteiger partial charge is 0.233 e. The number of nitrogens with two attached hydrogens (primary N) is 1. The summed E-state index contributed by atoms with van der Waals surface area (Å²) in [4.78, 5) is 0. The van der Waals surface area contributed by atoms with Crippen molar-refractivity contribution in [1.82, 2.24) is 15.6 Å². The van der Waals surface area contributed by atoms with Gasteiger partial charge in [-0.25, -0.2) is 9.82 Å². The van der Waals surface area contributed by atoms with Crippen LogP contribution >= 0.6 is 15.9 Å². The number of aromatic nitrogens is 2. The minimum atomic E-state index is -0.587. The number of hydrogen-bond donors (Lipinski definition) is 2. The highest BCUT2D eigenvalue weighted by Crippen LogP contribution is 2.27. The summed E-state index contributed by atoms with van der Waals surface area (Å²) in [5, 5.41) is 7.81. The molecule has 0 saturated carbocycles. The van der Waals surface area contributed by atoms with Crippen LogP contribution in [0.1, 0.15) is 17.3 Å². The molecule has 0 aliphatic carbocycles. The molecule has 5 nitrogen and oxygen atoms in total. The van der Waals surface area contributed by atoms with Gasteiger partial charge < -0.3 is 4.74 Å². The van der Waals surface area contributed by atoms with E-state index >= 15 is 0 Å². The largest absolute Gasteiger partial charge is 0.480 e. The number of ether oxygens (including phenoxy) is 1. The fourth-order valence-corrected chi connectivity index (χ4v) is 2.05. The number of nitrogens with one attached hydrogen (secondary N) is 1. The van der Waals surface area contributed by atoms with E-state index in [0.717, 1.165) is 0 Å². The van der Waals surface area contributed by atoms with Gasteiger partial charge in [0.15, 0.2) is 0 Å². The van der Waals surface area contributed by atoms with Crippen molar-refractivity contribution < 1.29 is 9.13 Å². The number of rotatable bonds is 4. The molecule has 0 radical (unpaired) electrons. The highest BCUT2D eigenvalue weighted by molar-refractivity contribution is 9.10. The molecule has 1 heterocycles. The molecule has 0 aliphatic rings. The first-order valence-electron chi connectivity index (χ1n) is 5.45. The predicted octanol–water partition coefficient (Wildman–Crippen LogP) is 1.94. The van der Waals surface area contributed by atoms with E-state index in [4.69, 9.17) is 10.6 Å². The van der Waals surface area contributed by atoms with Crippen molar-refractivity contribution in [2.45, 2.75) is 6.04 Å². The molecule has 0 saturated heterocycles. The summed E-state index contributed by atoms with van der Waals surface area (Å²) >= 11 is 3.14. The maximum Gasteiger partial charge on any atom is 0.233 e. The molecule has 0 aliphatic heterocycles. The van der Waals surface area contributed by atoms with Gasteiger partial charge in [-0.05, 0) is 28.1 Å². The van der Waals surface area contributed by atoms with Gasteiger partial charge in [0.25, 0.3) is 0 Å². The Hall–Kier alpha value is -1.57. The Bertz CT molecular complexity index is 564. The molecule has 0 spiro atoms. The van der Waals surface area contributed by atoms with E-state index in [1.807, 2.05) is 0 Å². The van der Waals surface area contributed by atoms with Crippen LogP contribution in [-0.4, -0.2) is 17.3 Å². The van der Waals surface area contributed by atoms with Crippen LogP contribution in [0.3, 0.4) is 0 Å². The van der Waals surface area contributed by atoms with E-state index in [0.29, 0.717) is 21.6 Å². The molecule has 1 unspecified atom stereocenters. The summed E-state index contributed by atoms with van der Waals surface area (Å²) in [7, 11) is 1.50. The third-order valence-electron chi connectivity index (χ3n) is 2.62. The van der Waals surface area contributed by atoms with Crippen molar-refractivity contribution in [2.75, 3.05) is 7.11 Å². The highest BCUT2D eigenvalue weighted by Gasteiger charge is 2.19. The van der Waals surface area contributed by atoms with E-state index in [2.05, 4.69) is 31.6 Å². The standard InChI is InChI=1S/C12H12BrFN4O/c1-19-10-6-5-9(17-18-10)12(16-15)7-3-2-4-8(13)11(7)14/h2-6,12,16H,15H2,1H3. The summed E-state index contributed by atoms with van der Waals surface area (Å²) in [6, 6.07) is 7.71. The van der Waals surface area contributed by atoms with Crippen LogP contribution in [0, 0.1) is 5.82 Å². The van der Waals surface area contributed by atoms with Gasteiger partial charge in [0.1, 0.15) is 5.82 Å². The molecule has 0 fully saturated rings. The van der Waals surface area contributed by atoms with Crippen molar-refractivity contribution in [3.8, 4) is 5.88 Å². The number of hydrogen-bond acceptors (Lipinski definition) is 5. The number of halogens is 2. The summed E-state index contributed by atoms with van der Waals surface area (Å²) in [6.45, 7) is 0. The Kier molecular flexibility index (Phi) is 4.41. The predicted molar refractivity (Wildman–Crippen MR) is 71.9 cm³/mol. The second kappa shape index (κ2) is 6.05. The second-order valence-corrected chi connectivity index (χ2v) is 4.60. The lowest BCUT2D eigenvalue weighted by Crippen LogP contribution is -2.30. The van der Waals surface area contributed by atoms with Crippen LogP contribution in [0.5, 0.6) is 5.88 Å². The molecule has 1 atom stereocenters. The van der Waals surface area contributed by atoms with E-state index in [-0.39, 0.29) is 5.82 Å². The van der Waals surface area contributed by atoms with Crippen molar-refractivity contribution in [2.24, 2.45) is 5.84 Å². The SMILES string of the molecule is COc1ccc(C(NN)c2cccc(Br)c2F)nn1. The molecule has 1 aromatic carbocycles. The van der Waals surface area contributed by atoms with Crippen molar-refractivity contribution in [3.63, 3.8) is 0 Å². The summed E-state index contributed by atoms with van der Waals surface area (Å²) in [5.41, 5.74) is 3.42. The van der Waals surface area contributed by atoms with E-state index in [1.54, 1.807) is 30.3 Å². The lowest BCUT2D eigenvalue weighted by molar-refractivity contribution is 0.390. The zero-order valence-electron chi connectivity index (χ0n) is 10.1. The van der Waals surface area contributed by atoms with Gasteiger partial charge in [0.05, 0.1) is 23.3 Å². The molecule has 0 amide bonds. The van der Waals surface area contributed by atoms with Crippen molar-refractivity contribution >= 4 is 15.9 Å². The molecular formula is C12H12BrFN4O. The lowest BCUT2D eigenvalue weighted by Gasteiger charge is -2.16. The van der Waals surface area contributed by atoms with Crippen LogP contribution in [0.2, 0.25) is 0 Å². The summed E-state index contributed by atoms with van der Waals surface area (Å²) in [6.07, 6.45) is 0. The van der Waals surface area contributed by atoms with Gasteiger partial charge >= 0.3 is 0 Å². The fourth-order valence-electron chi connectivity index (χ4n) is 1.67. The van der Waals surface area contributed by atoms with E-state index < -0.39 is 6.04 Å². The van der Waals surface area contributed by atoms with Crippen LogP contribution in [0.15, 0.2) is 34.8 Å². The quantitative estimate of drug-likeness (QED) is 0.663. The molecule has 1 aromatic heterocycles. The highest BCUT2D eigenvalue weighted by atomic mass is 79.9. The Morgan fingerprint density at radius 2 is 2.11 bits per heavy atom. The van der Waals surface area contributed by atoms with Crippen molar-refractivity contribution in [1.29, 1.82) is 0 Å². The minimum Gasteiger partial charge on any atom is -0.480 e. The minimum absolute atomic E-state index is 0.367. The first-order valence-corrected chi connectivity index (χ1v) is 6.24. The molecule has 100 valence electrons. The zero-order valence-corrected chi connectivity index (χ0v) is 11.7. The van der Waals surface area contributed by atoms with Gasteiger partial charge in [-0.1, -0.05) is 12.1 Å².